The third kappa shape index (κ3) is 6.54. The van der Waals surface area contributed by atoms with Crippen LogP contribution in [0.4, 0.5) is 0 Å². The maximum atomic E-state index is 11.2. The lowest BCUT2D eigenvalue weighted by atomic mass is 9.91. The first-order valence-corrected chi connectivity index (χ1v) is 4.92. The Morgan fingerprint density at radius 1 is 1.21 bits per heavy atom. The summed E-state index contributed by atoms with van der Waals surface area (Å²) >= 11 is 0. The van der Waals surface area contributed by atoms with Crippen LogP contribution in [0, 0.1) is 17.3 Å². The molecule has 80 valence electrons. The smallest absolute Gasteiger partial charge is 0.384 e. The van der Waals surface area contributed by atoms with Gasteiger partial charge in [-0.1, -0.05) is 12.8 Å². The van der Waals surface area contributed by atoms with E-state index in [4.69, 9.17) is 4.74 Å². The minimum Gasteiger partial charge on any atom is -0.450 e. The third-order valence-corrected chi connectivity index (χ3v) is 1.79. The molecule has 0 aromatic heterocycles. The monoisotopic (exact) mass is 196 g/mol. The first kappa shape index (κ1) is 13.0. The lowest BCUT2D eigenvalue weighted by molar-refractivity contribution is -0.147. The van der Waals surface area contributed by atoms with Crippen molar-refractivity contribution in [3.63, 3.8) is 0 Å². The SMILES string of the molecule is CCC(C)(C)C#CC(=O)OC(C)(C)C. The van der Waals surface area contributed by atoms with E-state index in [9.17, 15) is 4.79 Å². The minimum atomic E-state index is -0.456. The van der Waals surface area contributed by atoms with Crippen molar-refractivity contribution in [3.8, 4) is 11.8 Å². The second-order valence-corrected chi connectivity index (χ2v) is 4.99. The molecule has 0 aliphatic heterocycles. The molecule has 0 saturated carbocycles. The summed E-state index contributed by atoms with van der Waals surface area (Å²) in [5.41, 5.74) is -0.570. The Morgan fingerprint density at radius 3 is 2.07 bits per heavy atom. The molecule has 0 radical (unpaired) electrons. The molecule has 0 heterocycles. The van der Waals surface area contributed by atoms with E-state index in [1.54, 1.807) is 0 Å². The van der Waals surface area contributed by atoms with Crippen LogP contribution in [0.25, 0.3) is 0 Å². The van der Waals surface area contributed by atoms with Crippen molar-refractivity contribution in [2.45, 2.75) is 53.6 Å². The minimum absolute atomic E-state index is 0.114. The molecule has 0 rings (SSSR count). The molecular formula is C12H20O2. The van der Waals surface area contributed by atoms with Gasteiger partial charge in [-0.05, 0) is 41.0 Å². The molecule has 0 amide bonds. The molecule has 0 aliphatic rings. The molecule has 0 atom stereocenters. The van der Waals surface area contributed by atoms with E-state index >= 15 is 0 Å². The molecule has 0 spiro atoms. The van der Waals surface area contributed by atoms with Crippen LogP contribution in [-0.4, -0.2) is 11.6 Å². The lowest BCUT2D eigenvalue weighted by Crippen LogP contribution is -2.23. The van der Waals surface area contributed by atoms with Gasteiger partial charge in [0.05, 0.1) is 0 Å². The largest absolute Gasteiger partial charge is 0.450 e. The topological polar surface area (TPSA) is 26.3 Å². The fraction of sp³-hybridized carbons (Fsp3) is 0.750. The predicted molar refractivity (Wildman–Crippen MR) is 57.7 cm³/mol. The maximum absolute atomic E-state index is 11.2. The molecule has 2 nitrogen and oxygen atoms in total. The summed E-state index contributed by atoms with van der Waals surface area (Å²) in [6.45, 7) is 11.5. The van der Waals surface area contributed by atoms with Gasteiger partial charge in [0.2, 0.25) is 0 Å². The molecule has 14 heavy (non-hydrogen) atoms. The van der Waals surface area contributed by atoms with Gasteiger partial charge in [0, 0.05) is 11.3 Å². The van der Waals surface area contributed by atoms with Crippen molar-refractivity contribution in [3.05, 3.63) is 0 Å². The molecule has 2 heteroatoms. The molecule has 0 aliphatic carbocycles. The number of carbonyl (C=O) groups excluding carboxylic acids is 1. The zero-order valence-corrected chi connectivity index (χ0v) is 10.0. The van der Waals surface area contributed by atoms with Crippen LogP contribution < -0.4 is 0 Å². The third-order valence-electron chi connectivity index (χ3n) is 1.79. The molecule has 0 unspecified atom stereocenters. The van der Waals surface area contributed by atoms with Crippen molar-refractivity contribution < 1.29 is 9.53 Å². The van der Waals surface area contributed by atoms with E-state index in [0.717, 1.165) is 6.42 Å². The molecule has 0 fully saturated rings. The summed E-state index contributed by atoms with van der Waals surface area (Å²) in [6, 6.07) is 0. The van der Waals surface area contributed by atoms with E-state index in [1.165, 1.54) is 0 Å². The highest BCUT2D eigenvalue weighted by atomic mass is 16.6. The van der Waals surface area contributed by atoms with Gasteiger partial charge in [0.15, 0.2) is 0 Å². The first-order chi connectivity index (χ1) is 6.16. The fourth-order valence-corrected chi connectivity index (χ4v) is 0.612. The summed E-state index contributed by atoms with van der Waals surface area (Å²) in [5.74, 6) is 4.98. The van der Waals surface area contributed by atoms with Crippen LogP contribution in [-0.2, 0) is 9.53 Å². The first-order valence-electron chi connectivity index (χ1n) is 4.92. The highest BCUT2D eigenvalue weighted by molar-refractivity contribution is 5.88. The van der Waals surface area contributed by atoms with Gasteiger partial charge in [0.1, 0.15) is 5.60 Å². The van der Waals surface area contributed by atoms with Crippen LogP contribution in [0.5, 0.6) is 0 Å². The van der Waals surface area contributed by atoms with Crippen LogP contribution in [0.15, 0.2) is 0 Å². The summed E-state index contributed by atoms with van der Waals surface area (Å²) in [6.07, 6.45) is 0.919. The Labute approximate surface area is 87.0 Å². The molecule has 0 aromatic rings. The van der Waals surface area contributed by atoms with Gasteiger partial charge >= 0.3 is 5.97 Å². The average molecular weight is 196 g/mol. The summed E-state index contributed by atoms with van der Waals surface area (Å²) in [7, 11) is 0. The molecule has 0 aromatic carbocycles. The fourth-order valence-electron chi connectivity index (χ4n) is 0.612. The number of hydrogen-bond donors (Lipinski definition) is 0. The van der Waals surface area contributed by atoms with E-state index in [-0.39, 0.29) is 5.41 Å². The number of carbonyl (C=O) groups is 1. The van der Waals surface area contributed by atoms with Gasteiger partial charge in [-0.25, -0.2) is 4.79 Å². The molecule has 0 bridgehead atoms. The van der Waals surface area contributed by atoms with Gasteiger partial charge in [-0.3, -0.25) is 0 Å². The maximum Gasteiger partial charge on any atom is 0.384 e. The van der Waals surface area contributed by atoms with Crippen LogP contribution >= 0.6 is 0 Å². The standard InChI is InChI=1S/C12H20O2/c1-7-12(5,6)9-8-10(13)14-11(2,3)4/h7H2,1-6H3. The predicted octanol–water partition coefficient (Wildman–Crippen LogP) is 2.77. The van der Waals surface area contributed by atoms with Gasteiger partial charge < -0.3 is 4.74 Å². The molecular weight excluding hydrogens is 176 g/mol. The normalized spacial score (nSPS) is 11.6. The second-order valence-electron chi connectivity index (χ2n) is 4.99. The Kier molecular flexibility index (Phi) is 4.19. The highest BCUT2D eigenvalue weighted by Crippen LogP contribution is 2.17. The summed E-state index contributed by atoms with van der Waals surface area (Å²) in [5, 5.41) is 0. The summed E-state index contributed by atoms with van der Waals surface area (Å²) < 4.78 is 5.07. The zero-order chi connectivity index (χ0) is 11.4. The van der Waals surface area contributed by atoms with Crippen LogP contribution in [0.2, 0.25) is 0 Å². The van der Waals surface area contributed by atoms with Gasteiger partial charge in [-0.15, -0.1) is 0 Å². The number of esters is 1. The molecule has 0 N–H and O–H groups in total. The zero-order valence-electron chi connectivity index (χ0n) is 10.0. The Balaban J connectivity index is 4.33. The van der Waals surface area contributed by atoms with E-state index in [2.05, 4.69) is 11.8 Å². The van der Waals surface area contributed by atoms with E-state index in [1.807, 2.05) is 41.5 Å². The average Bonchev–Trinajstić information content (AvgIpc) is 1.98. The van der Waals surface area contributed by atoms with Gasteiger partial charge in [-0.2, -0.15) is 0 Å². The van der Waals surface area contributed by atoms with E-state index < -0.39 is 11.6 Å². The lowest BCUT2D eigenvalue weighted by Gasteiger charge is -2.17. The number of ether oxygens (including phenoxy) is 1. The van der Waals surface area contributed by atoms with Crippen LogP contribution in [0.1, 0.15) is 48.0 Å². The number of rotatable bonds is 1. The van der Waals surface area contributed by atoms with Gasteiger partial charge in [0.25, 0.3) is 0 Å². The quantitative estimate of drug-likeness (QED) is 0.366. The van der Waals surface area contributed by atoms with E-state index in [0.29, 0.717) is 0 Å². The van der Waals surface area contributed by atoms with Crippen molar-refractivity contribution in [2.75, 3.05) is 0 Å². The summed E-state index contributed by atoms with van der Waals surface area (Å²) in [4.78, 5) is 11.2. The molecule has 0 saturated heterocycles. The Hall–Kier alpha value is -0.970. The van der Waals surface area contributed by atoms with Crippen molar-refractivity contribution in [1.82, 2.24) is 0 Å². The van der Waals surface area contributed by atoms with Crippen molar-refractivity contribution in [2.24, 2.45) is 5.41 Å². The Bertz CT molecular complexity index is 258. The van der Waals surface area contributed by atoms with Crippen molar-refractivity contribution in [1.29, 1.82) is 0 Å². The second kappa shape index (κ2) is 4.50. The van der Waals surface area contributed by atoms with Crippen molar-refractivity contribution >= 4 is 5.97 Å². The highest BCUT2D eigenvalue weighted by Gasteiger charge is 2.15. The Morgan fingerprint density at radius 2 is 1.71 bits per heavy atom. The number of hydrogen-bond acceptors (Lipinski definition) is 2. The van der Waals surface area contributed by atoms with Crippen LogP contribution in [0.3, 0.4) is 0 Å².